The number of carbonyl (C=O) groups is 2. The summed E-state index contributed by atoms with van der Waals surface area (Å²) in [5, 5.41) is 20.1. The molecular formula is C31H26FN3O8S2. The standard InChI is InChI=1S/C31H26FN3O8S2/c1-39-22-13-18(14-23(40-2)28(22)41-3)25-24(26(36)16-8-9-20-21(12-16)43-11-10-42-20)27(37)29(38)35(25)30-33-34-31(45-30)44-15-17-6-4-5-7-19(17)32/h4-9,12-14,25,36H,10-11,15H2,1-3H3/b26-24+. The number of Topliss-reactive ketones (excluding diaryl/α,β-unsaturated/α-hetero) is 1. The van der Waals surface area contributed by atoms with Gasteiger partial charge in [-0.25, -0.2) is 4.39 Å². The molecule has 1 aromatic heterocycles. The number of fused-ring (bicyclic) bond motifs is 1. The lowest BCUT2D eigenvalue weighted by Crippen LogP contribution is -2.29. The molecule has 1 N–H and O–H groups in total. The second-order valence-corrected chi connectivity index (χ2v) is 11.9. The summed E-state index contributed by atoms with van der Waals surface area (Å²) in [4.78, 5) is 28.6. The number of amides is 1. The highest BCUT2D eigenvalue weighted by Gasteiger charge is 2.49. The van der Waals surface area contributed by atoms with Gasteiger partial charge in [-0.3, -0.25) is 14.5 Å². The van der Waals surface area contributed by atoms with Crippen molar-refractivity contribution in [2.75, 3.05) is 39.4 Å². The number of ether oxygens (including phenoxy) is 5. The SMILES string of the molecule is COc1cc(C2/C(=C(\O)c3ccc4c(c3)OCCO4)C(=O)C(=O)N2c2nnc(SCc3ccccc3F)s2)cc(OC)c1OC. The normalized spacial score (nSPS) is 17.0. The van der Waals surface area contributed by atoms with Gasteiger partial charge in [-0.1, -0.05) is 41.3 Å². The van der Waals surface area contributed by atoms with Crippen LogP contribution in [0.15, 0.2) is 64.5 Å². The molecule has 1 unspecified atom stereocenters. The number of thioether (sulfide) groups is 1. The molecule has 0 radical (unpaired) electrons. The van der Waals surface area contributed by atoms with Crippen LogP contribution in [-0.2, 0) is 15.3 Å². The van der Waals surface area contributed by atoms with Crippen molar-refractivity contribution in [3.05, 3.63) is 82.7 Å². The molecule has 1 amide bonds. The summed E-state index contributed by atoms with van der Waals surface area (Å²) in [5.74, 6) is -0.613. The van der Waals surface area contributed by atoms with E-state index >= 15 is 0 Å². The Labute approximate surface area is 265 Å². The van der Waals surface area contributed by atoms with Crippen molar-refractivity contribution in [1.82, 2.24) is 10.2 Å². The number of carbonyl (C=O) groups excluding carboxylic acids is 2. The lowest BCUT2D eigenvalue weighted by Gasteiger charge is -2.24. The topological polar surface area (TPSA) is 130 Å². The fraction of sp³-hybridized carbons (Fsp3) is 0.226. The molecule has 6 rings (SSSR count). The number of aromatic nitrogens is 2. The summed E-state index contributed by atoms with van der Waals surface area (Å²) >= 11 is 2.30. The lowest BCUT2D eigenvalue weighted by molar-refractivity contribution is -0.132. The van der Waals surface area contributed by atoms with E-state index in [1.54, 1.807) is 48.5 Å². The second-order valence-electron chi connectivity index (χ2n) is 9.72. The molecule has 11 nitrogen and oxygen atoms in total. The van der Waals surface area contributed by atoms with Crippen LogP contribution in [0.5, 0.6) is 28.7 Å². The lowest BCUT2D eigenvalue weighted by atomic mass is 9.94. The van der Waals surface area contributed by atoms with Gasteiger partial charge < -0.3 is 28.8 Å². The van der Waals surface area contributed by atoms with Gasteiger partial charge in [-0.2, -0.15) is 0 Å². The van der Waals surface area contributed by atoms with E-state index in [4.69, 9.17) is 23.7 Å². The molecule has 4 aromatic rings. The third-order valence-corrected chi connectivity index (χ3v) is 9.28. The van der Waals surface area contributed by atoms with Gasteiger partial charge in [0, 0.05) is 11.3 Å². The van der Waals surface area contributed by atoms with Crippen LogP contribution in [0.2, 0.25) is 0 Å². The van der Waals surface area contributed by atoms with Crippen LogP contribution >= 0.6 is 23.1 Å². The predicted octanol–water partition coefficient (Wildman–Crippen LogP) is 5.39. The Balaban J connectivity index is 1.46. The minimum atomic E-state index is -1.16. The number of halogens is 1. The first-order chi connectivity index (χ1) is 21.8. The molecule has 14 heteroatoms. The first-order valence-corrected chi connectivity index (χ1v) is 15.4. The van der Waals surface area contributed by atoms with Crippen LogP contribution in [0, 0.1) is 5.82 Å². The largest absolute Gasteiger partial charge is 0.507 e. The minimum Gasteiger partial charge on any atom is -0.507 e. The molecule has 1 atom stereocenters. The van der Waals surface area contributed by atoms with Crippen molar-refractivity contribution in [2.24, 2.45) is 0 Å². The molecule has 0 spiro atoms. The van der Waals surface area contributed by atoms with E-state index in [0.717, 1.165) is 11.3 Å². The van der Waals surface area contributed by atoms with Crippen molar-refractivity contribution in [1.29, 1.82) is 0 Å². The van der Waals surface area contributed by atoms with Crippen molar-refractivity contribution in [3.8, 4) is 28.7 Å². The van der Waals surface area contributed by atoms with Gasteiger partial charge in [0.15, 0.2) is 27.3 Å². The monoisotopic (exact) mass is 651 g/mol. The van der Waals surface area contributed by atoms with Crippen LogP contribution in [0.3, 0.4) is 0 Å². The molecule has 3 aromatic carbocycles. The van der Waals surface area contributed by atoms with Crippen LogP contribution < -0.4 is 28.6 Å². The maximum atomic E-state index is 14.2. The van der Waals surface area contributed by atoms with E-state index in [1.807, 2.05) is 0 Å². The Bertz CT molecular complexity index is 1800. The fourth-order valence-electron chi connectivity index (χ4n) is 5.06. The third-order valence-electron chi connectivity index (χ3n) is 7.17. The molecular weight excluding hydrogens is 625 g/mol. The number of nitrogens with zero attached hydrogens (tertiary/aromatic N) is 3. The van der Waals surface area contributed by atoms with Crippen molar-refractivity contribution < 1.29 is 42.8 Å². The first kappa shape index (κ1) is 30.2. The van der Waals surface area contributed by atoms with E-state index in [0.29, 0.717) is 45.9 Å². The molecule has 232 valence electrons. The highest BCUT2D eigenvalue weighted by molar-refractivity contribution is 8.00. The van der Waals surface area contributed by atoms with Gasteiger partial charge in [-0.15, -0.1) is 10.2 Å². The Morgan fingerprint density at radius 1 is 1.00 bits per heavy atom. The van der Waals surface area contributed by atoms with Gasteiger partial charge in [0.1, 0.15) is 24.8 Å². The molecule has 0 aliphatic carbocycles. The number of benzene rings is 3. The molecule has 3 heterocycles. The van der Waals surface area contributed by atoms with Gasteiger partial charge in [0.25, 0.3) is 5.78 Å². The van der Waals surface area contributed by atoms with Gasteiger partial charge in [0.05, 0.1) is 32.9 Å². The van der Waals surface area contributed by atoms with E-state index in [1.165, 1.54) is 44.1 Å². The molecule has 0 saturated carbocycles. The minimum absolute atomic E-state index is 0.105. The van der Waals surface area contributed by atoms with Crippen LogP contribution in [-0.4, -0.2) is 61.5 Å². The van der Waals surface area contributed by atoms with Gasteiger partial charge >= 0.3 is 5.91 Å². The molecule has 2 aliphatic rings. The summed E-state index contributed by atoms with van der Waals surface area (Å²) in [6, 6.07) is 13.2. The number of aliphatic hydroxyl groups excluding tert-OH is 1. The highest BCUT2D eigenvalue weighted by Crippen LogP contribution is 2.48. The average molecular weight is 652 g/mol. The van der Waals surface area contributed by atoms with Crippen molar-refractivity contribution >= 4 is 45.7 Å². The zero-order valence-electron chi connectivity index (χ0n) is 24.2. The summed E-state index contributed by atoms with van der Waals surface area (Å²) < 4.78 is 42.5. The fourth-order valence-corrected chi connectivity index (χ4v) is 6.92. The number of anilines is 1. The number of ketones is 1. The second kappa shape index (κ2) is 12.7. The van der Waals surface area contributed by atoms with E-state index in [2.05, 4.69) is 10.2 Å². The quantitative estimate of drug-likeness (QED) is 0.0822. The summed E-state index contributed by atoms with van der Waals surface area (Å²) in [6.45, 7) is 0.703. The zero-order valence-corrected chi connectivity index (χ0v) is 25.9. The van der Waals surface area contributed by atoms with Crippen LogP contribution in [0.25, 0.3) is 5.76 Å². The molecule has 1 fully saturated rings. The molecule has 2 aliphatic heterocycles. The molecule has 1 saturated heterocycles. The van der Waals surface area contributed by atoms with Crippen molar-refractivity contribution in [3.63, 3.8) is 0 Å². The number of hydrogen-bond donors (Lipinski definition) is 1. The average Bonchev–Trinajstić information content (AvgIpc) is 3.64. The third kappa shape index (κ3) is 5.62. The number of rotatable bonds is 9. The van der Waals surface area contributed by atoms with E-state index < -0.39 is 23.5 Å². The summed E-state index contributed by atoms with van der Waals surface area (Å²) in [7, 11) is 4.34. The highest BCUT2D eigenvalue weighted by atomic mass is 32.2. The Morgan fingerprint density at radius 3 is 2.40 bits per heavy atom. The van der Waals surface area contributed by atoms with E-state index in [9.17, 15) is 19.1 Å². The zero-order chi connectivity index (χ0) is 31.7. The van der Waals surface area contributed by atoms with Crippen LogP contribution in [0.1, 0.15) is 22.7 Å². The van der Waals surface area contributed by atoms with Crippen LogP contribution in [0.4, 0.5) is 9.52 Å². The number of methoxy groups -OCH3 is 3. The summed E-state index contributed by atoms with van der Waals surface area (Å²) in [5.41, 5.74) is 0.907. The maximum Gasteiger partial charge on any atom is 0.301 e. The smallest absolute Gasteiger partial charge is 0.301 e. The Hall–Kier alpha value is -4.82. The van der Waals surface area contributed by atoms with Gasteiger partial charge in [0.2, 0.25) is 10.9 Å². The summed E-state index contributed by atoms with van der Waals surface area (Å²) in [6.07, 6.45) is 0. The first-order valence-electron chi connectivity index (χ1n) is 13.5. The Morgan fingerprint density at radius 2 is 1.71 bits per heavy atom. The number of hydrogen-bond acceptors (Lipinski definition) is 12. The molecule has 0 bridgehead atoms. The predicted molar refractivity (Wildman–Crippen MR) is 164 cm³/mol. The van der Waals surface area contributed by atoms with Gasteiger partial charge in [-0.05, 0) is 47.5 Å². The molecule has 45 heavy (non-hydrogen) atoms. The number of aliphatic hydroxyl groups is 1. The Kier molecular flexibility index (Phi) is 8.50. The van der Waals surface area contributed by atoms with Crippen molar-refractivity contribution in [2.45, 2.75) is 16.1 Å². The van der Waals surface area contributed by atoms with E-state index in [-0.39, 0.29) is 39.3 Å². The maximum absolute atomic E-state index is 14.2.